The van der Waals surface area contributed by atoms with Gasteiger partial charge in [0, 0.05) is 32.0 Å². The lowest BCUT2D eigenvalue weighted by molar-refractivity contribution is 0.00578. The first-order valence-electron chi connectivity index (χ1n) is 6.08. The summed E-state index contributed by atoms with van der Waals surface area (Å²) in [5, 5.41) is 4.35. The average molecular weight is 249 g/mol. The van der Waals surface area contributed by atoms with E-state index in [4.69, 9.17) is 9.31 Å². The molecule has 0 amide bonds. The fourth-order valence-electron chi connectivity index (χ4n) is 1.90. The maximum absolute atomic E-state index is 6.01. The first kappa shape index (κ1) is 13.3. The van der Waals surface area contributed by atoms with Gasteiger partial charge in [-0.05, 0) is 27.7 Å². The van der Waals surface area contributed by atoms with Crippen LogP contribution in [0.5, 0.6) is 0 Å². The largest absolute Gasteiger partial charge is 0.498 e. The van der Waals surface area contributed by atoms with Gasteiger partial charge < -0.3 is 9.31 Å². The maximum Gasteiger partial charge on any atom is 0.498 e. The van der Waals surface area contributed by atoms with Crippen molar-refractivity contribution in [3.63, 3.8) is 0 Å². The number of aliphatic imine (C=N–C) groups is 1. The molecule has 1 fully saturated rings. The third-order valence-corrected chi connectivity index (χ3v) is 3.65. The van der Waals surface area contributed by atoms with Gasteiger partial charge in [-0.1, -0.05) is 0 Å². The van der Waals surface area contributed by atoms with E-state index in [2.05, 4.69) is 10.1 Å². The van der Waals surface area contributed by atoms with Crippen LogP contribution in [0.15, 0.2) is 11.2 Å². The van der Waals surface area contributed by atoms with Crippen LogP contribution in [-0.4, -0.2) is 41.4 Å². The van der Waals surface area contributed by atoms with Gasteiger partial charge in [0.05, 0.1) is 11.2 Å². The van der Waals surface area contributed by atoms with Crippen molar-refractivity contribution in [3.8, 4) is 0 Å². The molecule has 2 heterocycles. The number of hydrogen-bond acceptors (Lipinski definition) is 4. The van der Waals surface area contributed by atoms with Crippen molar-refractivity contribution in [2.75, 3.05) is 7.05 Å². The van der Waals surface area contributed by atoms with Crippen LogP contribution in [0.4, 0.5) is 0 Å². The standard InChI is InChI=1S/C12H20BN3O2/c1-11(2)12(3,4)18-13(17-11)9-8-16(6)15-10(9)7-14-5/h7-8H,1-6H3/b14-7-. The molecule has 0 N–H and O–H groups in total. The molecule has 0 aromatic carbocycles. The van der Waals surface area contributed by atoms with Crippen LogP contribution < -0.4 is 5.46 Å². The maximum atomic E-state index is 6.01. The van der Waals surface area contributed by atoms with Gasteiger partial charge in [0.1, 0.15) is 5.69 Å². The minimum atomic E-state index is -0.392. The Labute approximate surface area is 108 Å². The molecule has 0 spiro atoms. The minimum Gasteiger partial charge on any atom is -0.399 e. The SMILES string of the molecule is C/N=C\c1nn(C)cc1B1OC(C)(C)C(C)(C)O1. The Morgan fingerprint density at radius 3 is 2.33 bits per heavy atom. The summed E-state index contributed by atoms with van der Waals surface area (Å²) in [5.41, 5.74) is 1.03. The molecule has 1 aliphatic rings. The molecular formula is C12H20BN3O2. The first-order chi connectivity index (χ1) is 8.27. The second kappa shape index (κ2) is 4.21. The highest BCUT2D eigenvalue weighted by Crippen LogP contribution is 2.36. The normalized spacial score (nSPS) is 22.0. The van der Waals surface area contributed by atoms with Crippen LogP contribution in [0.25, 0.3) is 0 Å². The number of aromatic nitrogens is 2. The Morgan fingerprint density at radius 1 is 1.28 bits per heavy atom. The Hall–Kier alpha value is -1.14. The molecule has 5 nitrogen and oxygen atoms in total. The monoisotopic (exact) mass is 249 g/mol. The molecule has 1 aromatic rings. The van der Waals surface area contributed by atoms with Crippen molar-refractivity contribution in [2.24, 2.45) is 12.0 Å². The van der Waals surface area contributed by atoms with Gasteiger partial charge >= 0.3 is 7.12 Å². The van der Waals surface area contributed by atoms with Gasteiger partial charge in [-0.3, -0.25) is 9.67 Å². The van der Waals surface area contributed by atoms with Crippen molar-refractivity contribution in [3.05, 3.63) is 11.9 Å². The first-order valence-corrected chi connectivity index (χ1v) is 6.08. The summed E-state index contributed by atoms with van der Waals surface area (Å²) in [5.74, 6) is 0. The summed E-state index contributed by atoms with van der Waals surface area (Å²) in [4.78, 5) is 4.01. The second-order valence-electron chi connectivity index (χ2n) is 5.62. The van der Waals surface area contributed by atoms with Crippen LogP contribution in [0.1, 0.15) is 33.4 Å². The summed E-state index contributed by atoms with van der Waals surface area (Å²) in [6.45, 7) is 8.15. The lowest BCUT2D eigenvalue weighted by atomic mass is 9.79. The predicted molar refractivity (Wildman–Crippen MR) is 72.4 cm³/mol. The smallest absolute Gasteiger partial charge is 0.399 e. The van der Waals surface area contributed by atoms with Crippen LogP contribution in [0.3, 0.4) is 0 Å². The Balaban J connectivity index is 2.35. The molecule has 1 aliphatic heterocycles. The molecule has 98 valence electrons. The zero-order chi connectivity index (χ0) is 13.6. The highest BCUT2D eigenvalue weighted by atomic mass is 16.7. The van der Waals surface area contributed by atoms with E-state index in [9.17, 15) is 0 Å². The van der Waals surface area contributed by atoms with Crippen LogP contribution in [0, 0.1) is 0 Å². The van der Waals surface area contributed by atoms with Gasteiger partial charge in [0.15, 0.2) is 0 Å². The fourth-order valence-corrected chi connectivity index (χ4v) is 1.90. The van der Waals surface area contributed by atoms with Crippen molar-refractivity contribution < 1.29 is 9.31 Å². The van der Waals surface area contributed by atoms with E-state index in [1.54, 1.807) is 17.9 Å². The van der Waals surface area contributed by atoms with Crippen LogP contribution in [-0.2, 0) is 16.4 Å². The molecule has 6 heteroatoms. The zero-order valence-electron chi connectivity index (χ0n) is 11.9. The number of aryl methyl sites for hydroxylation is 1. The quantitative estimate of drug-likeness (QED) is 0.574. The van der Waals surface area contributed by atoms with Crippen molar-refractivity contribution in [1.29, 1.82) is 0 Å². The summed E-state index contributed by atoms with van der Waals surface area (Å²) in [6, 6.07) is 0. The van der Waals surface area contributed by atoms with Gasteiger partial charge in [-0.25, -0.2) is 0 Å². The average Bonchev–Trinajstić information content (AvgIpc) is 2.67. The van der Waals surface area contributed by atoms with E-state index < -0.39 is 7.12 Å². The van der Waals surface area contributed by atoms with E-state index in [0.29, 0.717) is 0 Å². The lowest BCUT2D eigenvalue weighted by Gasteiger charge is -2.32. The summed E-state index contributed by atoms with van der Waals surface area (Å²) >= 11 is 0. The molecule has 0 atom stereocenters. The van der Waals surface area contributed by atoms with Gasteiger partial charge in [0.2, 0.25) is 0 Å². The predicted octanol–water partition coefficient (Wildman–Crippen LogP) is 0.768. The fraction of sp³-hybridized carbons (Fsp3) is 0.667. The third kappa shape index (κ3) is 2.10. The lowest BCUT2D eigenvalue weighted by Crippen LogP contribution is -2.41. The highest BCUT2D eigenvalue weighted by molar-refractivity contribution is 6.63. The molecular weight excluding hydrogens is 229 g/mol. The van der Waals surface area contributed by atoms with E-state index in [1.807, 2.05) is 40.9 Å². The molecule has 2 rings (SSSR count). The number of rotatable bonds is 2. The Bertz CT molecular complexity index is 464. The second-order valence-corrected chi connectivity index (χ2v) is 5.62. The Morgan fingerprint density at radius 2 is 1.83 bits per heavy atom. The van der Waals surface area contributed by atoms with Crippen molar-refractivity contribution in [1.82, 2.24) is 9.78 Å². The molecule has 18 heavy (non-hydrogen) atoms. The molecule has 0 radical (unpaired) electrons. The molecule has 0 aliphatic carbocycles. The van der Waals surface area contributed by atoms with Crippen LogP contribution in [0.2, 0.25) is 0 Å². The molecule has 0 unspecified atom stereocenters. The highest BCUT2D eigenvalue weighted by Gasteiger charge is 2.52. The van der Waals surface area contributed by atoms with Crippen molar-refractivity contribution >= 4 is 18.8 Å². The summed E-state index contributed by atoms with van der Waals surface area (Å²) in [6.07, 6.45) is 3.64. The zero-order valence-corrected chi connectivity index (χ0v) is 11.9. The summed E-state index contributed by atoms with van der Waals surface area (Å²) in [7, 11) is 3.21. The van der Waals surface area contributed by atoms with Gasteiger partial charge in [0.25, 0.3) is 0 Å². The van der Waals surface area contributed by atoms with Gasteiger partial charge in [-0.2, -0.15) is 5.10 Å². The number of hydrogen-bond donors (Lipinski definition) is 0. The van der Waals surface area contributed by atoms with Gasteiger partial charge in [-0.15, -0.1) is 0 Å². The Kier molecular flexibility index (Phi) is 3.11. The van der Waals surface area contributed by atoms with Crippen LogP contribution >= 0.6 is 0 Å². The molecule has 1 aromatic heterocycles. The topological polar surface area (TPSA) is 48.6 Å². The number of nitrogens with zero attached hydrogens (tertiary/aromatic N) is 3. The van der Waals surface area contributed by atoms with E-state index in [-0.39, 0.29) is 11.2 Å². The van der Waals surface area contributed by atoms with E-state index >= 15 is 0 Å². The minimum absolute atomic E-state index is 0.339. The third-order valence-electron chi connectivity index (χ3n) is 3.65. The molecule has 1 saturated heterocycles. The summed E-state index contributed by atoms with van der Waals surface area (Å²) < 4.78 is 13.8. The van der Waals surface area contributed by atoms with E-state index in [1.165, 1.54) is 0 Å². The van der Waals surface area contributed by atoms with Crippen molar-refractivity contribution in [2.45, 2.75) is 38.9 Å². The molecule has 0 saturated carbocycles. The molecule has 0 bridgehead atoms. The van der Waals surface area contributed by atoms with E-state index in [0.717, 1.165) is 11.2 Å².